The molecule has 7 heteroatoms. The van der Waals surface area contributed by atoms with Crippen molar-refractivity contribution < 1.29 is 4.74 Å². The Bertz CT molecular complexity index is 900. The van der Waals surface area contributed by atoms with E-state index in [4.69, 9.17) is 4.74 Å². The third kappa shape index (κ3) is 4.89. The van der Waals surface area contributed by atoms with Gasteiger partial charge in [-0.05, 0) is 38.7 Å². The second-order valence-electron chi connectivity index (χ2n) is 6.29. The fourth-order valence-corrected chi connectivity index (χ4v) is 2.95. The summed E-state index contributed by atoms with van der Waals surface area (Å²) in [5, 5.41) is 4.31. The predicted molar refractivity (Wildman–Crippen MR) is 108 cm³/mol. The molecular formula is C19H22BrN5O. The minimum Gasteiger partial charge on any atom is -0.476 e. The van der Waals surface area contributed by atoms with Gasteiger partial charge in [0.2, 0.25) is 5.88 Å². The standard InChI is InChI=1S/C19H22BrN5O/c1-13-23-17-12-21-18(26-8-7-25(2)3)10-16(17)19(24-13)22-11-14-5-4-6-15(20)9-14/h4-6,9-10,12H,7-8,11H2,1-3H3,(H,22,23,24). The first-order valence-corrected chi connectivity index (χ1v) is 9.21. The molecule has 136 valence electrons. The second-order valence-corrected chi connectivity index (χ2v) is 7.21. The van der Waals surface area contributed by atoms with E-state index in [0.29, 0.717) is 24.9 Å². The minimum atomic E-state index is 0.581. The first-order valence-electron chi connectivity index (χ1n) is 8.41. The number of aromatic nitrogens is 3. The molecular weight excluding hydrogens is 394 g/mol. The topological polar surface area (TPSA) is 63.2 Å². The zero-order valence-corrected chi connectivity index (χ0v) is 16.7. The molecule has 2 heterocycles. The molecule has 0 amide bonds. The SMILES string of the molecule is Cc1nc(NCc2cccc(Br)c2)c2cc(OCCN(C)C)ncc2n1. The Labute approximate surface area is 161 Å². The summed E-state index contributed by atoms with van der Waals surface area (Å²) >= 11 is 3.50. The first kappa shape index (κ1) is 18.5. The van der Waals surface area contributed by atoms with E-state index in [1.807, 2.05) is 39.2 Å². The van der Waals surface area contributed by atoms with E-state index in [2.05, 4.69) is 53.2 Å². The largest absolute Gasteiger partial charge is 0.476 e. The number of likely N-dealkylation sites (N-methyl/N-ethyl adjacent to an activating group) is 1. The van der Waals surface area contributed by atoms with Crippen LogP contribution in [0.15, 0.2) is 41.0 Å². The number of anilines is 1. The summed E-state index contributed by atoms with van der Waals surface area (Å²) in [7, 11) is 4.02. The van der Waals surface area contributed by atoms with Crippen molar-refractivity contribution in [2.45, 2.75) is 13.5 Å². The Hall–Kier alpha value is -2.25. The Kier molecular flexibility index (Phi) is 6.00. The Morgan fingerprint density at radius 2 is 2.04 bits per heavy atom. The van der Waals surface area contributed by atoms with E-state index in [0.717, 1.165) is 27.7 Å². The highest BCUT2D eigenvalue weighted by Gasteiger charge is 2.09. The fourth-order valence-electron chi connectivity index (χ4n) is 2.51. The molecule has 3 rings (SSSR count). The number of fused-ring (bicyclic) bond motifs is 1. The maximum absolute atomic E-state index is 5.75. The van der Waals surface area contributed by atoms with E-state index < -0.39 is 0 Å². The highest BCUT2D eigenvalue weighted by Crippen LogP contribution is 2.24. The molecule has 0 unspecified atom stereocenters. The van der Waals surface area contributed by atoms with Gasteiger partial charge in [-0.3, -0.25) is 0 Å². The van der Waals surface area contributed by atoms with E-state index in [1.54, 1.807) is 6.20 Å². The molecule has 0 radical (unpaired) electrons. The van der Waals surface area contributed by atoms with E-state index in [1.165, 1.54) is 5.56 Å². The third-order valence-corrected chi connectivity index (χ3v) is 4.30. The summed E-state index contributed by atoms with van der Waals surface area (Å²) in [6.07, 6.45) is 1.74. The van der Waals surface area contributed by atoms with Crippen LogP contribution in [0.5, 0.6) is 5.88 Å². The van der Waals surface area contributed by atoms with Gasteiger partial charge in [0.1, 0.15) is 18.2 Å². The third-order valence-electron chi connectivity index (χ3n) is 3.81. The molecule has 1 N–H and O–H groups in total. The summed E-state index contributed by atoms with van der Waals surface area (Å²) in [4.78, 5) is 15.5. The molecule has 0 aliphatic heterocycles. The van der Waals surface area contributed by atoms with Crippen molar-refractivity contribution in [1.82, 2.24) is 19.9 Å². The number of benzene rings is 1. The lowest BCUT2D eigenvalue weighted by molar-refractivity contribution is 0.254. The monoisotopic (exact) mass is 415 g/mol. The molecule has 0 aliphatic carbocycles. The van der Waals surface area contributed by atoms with Crippen LogP contribution < -0.4 is 10.1 Å². The van der Waals surface area contributed by atoms with Gasteiger partial charge < -0.3 is 15.0 Å². The van der Waals surface area contributed by atoms with Gasteiger partial charge in [0.05, 0.1) is 11.7 Å². The molecule has 6 nitrogen and oxygen atoms in total. The lowest BCUT2D eigenvalue weighted by atomic mass is 10.2. The Balaban J connectivity index is 1.82. The van der Waals surface area contributed by atoms with Gasteiger partial charge in [0.25, 0.3) is 0 Å². The average Bonchev–Trinajstić information content (AvgIpc) is 2.59. The van der Waals surface area contributed by atoms with E-state index >= 15 is 0 Å². The minimum absolute atomic E-state index is 0.581. The van der Waals surface area contributed by atoms with Crippen molar-refractivity contribution in [3.05, 3.63) is 52.4 Å². The van der Waals surface area contributed by atoms with Crippen LogP contribution in [0.2, 0.25) is 0 Å². The lowest BCUT2D eigenvalue weighted by Gasteiger charge is -2.12. The van der Waals surface area contributed by atoms with E-state index in [-0.39, 0.29) is 0 Å². The van der Waals surface area contributed by atoms with E-state index in [9.17, 15) is 0 Å². The molecule has 3 aromatic rings. The van der Waals surface area contributed by atoms with Crippen molar-refractivity contribution >= 4 is 32.7 Å². The quantitative estimate of drug-likeness (QED) is 0.635. The molecule has 0 atom stereocenters. The van der Waals surface area contributed by atoms with Crippen LogP contribution in [0.1, 0.15) is 11.4 Å². The number of hydrogen-bond acceptors (Lipinski definition) is 6. The van der Waals surface area contributed by atoms with Crippen LogP contribution >= 0.6 is 15.9 Å². The van der Waals surface area contributed by atoms with Gasteiger partial charge in [-0.25, -0.2) is 15.0 Å². The number of halogens is 1. The zero-order chi connectivity index (χ0) is 18.5. The number of hydrogen-bond donors (Lipinski definition) is 1. The van der Waals surface area contributed by atoms with Crippen molar-refractivity contribution in [1.29, 1.82) is 0 Å². The smallest absolute Gasteiger partial charge is 0.214 e. The molecule has 1 aromatic carbocycles. The normalized spacial score (nSPS) is 11.1. The summed E-state index contributed by atoms with van der Waals surface area (Å²) in [5.74, 6) is 2.07. The molecule has 0 saturated carbocycles. The van der Waals surface area contributed by atoms with Crippen LogP contribution in [0.25, 0.3) is 10.9 Å². The highest BCUT2D eigenvalue weighted by atomic mass is 79.9. The van der Waals surface area contributed by atoms with Crippen molar-refractivity contribution in [3.63, 3.8) is 0 Å². The lowest BCUT2D eigenvalue weighted by Crippen LogP contribution is -2.19. The predicted octanol–water partition coefficient (Wildman–Crippen LogP) is 3.65. The van der Waals surface area contributed by atoms with Crippen molar-refractivity contribution in [3.8, 4) is 5.88 Å². The molecule has 0 bridgehead atoms. The summed E-state index contributed by atoms with van der Waals surface area (Å²) in [5.41, 5.74) is 1.97. The van der Waals surface area contributed by atoms with Gasteiger partial charge in [0, 0.05) is 29.0 Å². The number of nitrogens with zero attached hydrogens (tertiary/aromatic N) is 4. The number of nitrogens with one attached hydrogen (secondary N) is 1. The van der Waals surface area contributed by atoms with Gasteiger partial charge in [-0.15, -0.1) is 0 Å². The summed E-state index contributed by atoms with van der Waals surface area (Å²) in [6, 6.07) is 10.1. The van der Waals surface area contributed by atoms with Crippen LogP contribution in [-0.2, 0) is 6.54 Å². The second kappa shape index (κ2) is 8.42. The Morgan fingerprint density at radius 1 is 1.19 bits per heavy atom. The molecule has 0 spiro atoms. The van der Waals surface area contributed by atoms with Gasteiger partial charge >= 0.3 is 0 Å². The molecule has 2 aromatic heterocycles. The molecule has 0 fully saturated rings. The fraction of sp³-hybridized carbons (Fsp3) is 0.316. The van der Waals surface area contributed by atoms with Gasteiger partial charge in [-0.2, -0.15) is 0 Å². The first-order chi connectivity index (χ1) is 12.5. The van der Waals surface area contributed by atoms with Gasteiger partial charge in [-0.1, -0.05) is 28.1 Å². The zero-order valence-electron chi connectivity index (χ0n) is 15.2. The number of aryl methyl sites for hydroxylation is 1. The number of pyridine rings is 1. The summed E-state index contributed by atoms with van der Waals surface area (Å²) < 4.78 is 6.80. The van der Waals surface area contributed by atoms with Crippen LogP contribution in [0.3, 0.4) is 0 Å². The summed E-state index contributed by atoms with van der Waals surface area (Å²) in [6.45, 7) is 3.96. The average molecular weight is 416 g/mol. The molecule has 0 saturated heterocycles. The van der Waals surface area contributed by atoms with Crippen molar-refractivity contribution in [2.24, 2.45) is 0 Å². The molecule has 0 aliphatic rings. The highest BCUT2D eigenvalue weighted by molar-refractivity contribution is 9.10. The number of ether oxygens (including phenoxy) is 1. The van der Waals surface area contributed by atoms with Crippen molar-refractivity contribution in [2.75, 3.05) is 32.6 Å². The maximum Gasteiger partial charge on any atom is 0.214 e. The van der Waals surface area contributed by atoms with Crippen LogP contribution in [0, 0.1) is 6.92 Å². The molecule has 26 heavy (non-hydrogen) atoms. The van der Waals surface area contributed by atoms with Gasteiger partial charge in [0.15, 0.2) is 0 Å². The van der Waals surface area contributed by atoms with Crippen LogP contribution in [-0.4, -0.2) is 47.1 Å². The number of rotatable bonds is 7. The Morgan fingerprint density at radius 3 is 2.81 bits per heavy atom. The van der Waals surface area contributed by atoms with Crippen LogP contribution in [0.4, 0.5) is 5.82 Å². The maximum atomic E-state index is 5.75.